The Morgan fingerprint density at radius 3 is 2.74 bits per heavy atom. The summed E-state index contributed by atoms with van der Waals surface area (Å²) in [5, 5.41) is 0. The fourth-order valence-electron chi connectivity index (χ4n) is 1.81. The minimum atomic E-state index is -0.450. The first-order valence-electron chi connectivity index (χ1n) is 6.81. The quantitative estimate of drug-likeness (QED) is 0.709. The summed E-state index contributed by atoms with van der Waals surface area (Å²) in [7, 11) is 1.35. The maximum Gasteiger partial charge on any atom is 0.358 e. The fraction of sp³-hybridized carbons (Fsp3) is 0.643. The molecule has 1 aromatic heterocycles. The average molecular weight is 265 g/mol. The van der Waals surface area contributed by atoms with Crippen molar-refractivity contribution >= 4 is 11.8 Å². The molecule has 0 aliphatic rings. The van der Waals surface area contributed by atoms with E-state index < -0.39 is 5.97 Å². The number of carbonyl (C=O) groups excluding carboxylic acids is 1. The predicted octanol–water partition coefficient (Wildman–Crippen LogP) is 2.67. The van der Waals surface area contributed by atoms with Gasteiger partial charge in [0.1, 0.15) is 5.82 Å². The summed E-state index contributed by atoms with van der Waals surface area (Å²) in [5.41, 5.74) is 0.254. The molecule has 5 heteroatoms. The van der Waals surface area contributed by atoms with Crippen molar-refractivity contribution in [3.8, 4) is 0 Å². The number of ether oxygens (including phenoxy) is 1. The first-order valence-corrected chi connectivity index (χ1v) is 6.81. The molecule has 1 rings (SSSR count). The van der Waals surface area contributed by atoms with Crippen molar-refractivity contribution in [1.82, 2.24) is 9.97 Å². The van der Waals surface area contributed by atoms with Gasteiger partial charge in [-0.25, -0.2) is 9.78 Å². The molecule has 0 radical (unpaired) electrons. The lowest BCUT2D eigenvalue weighted by atomic mass is 10.2. The Hall–Kier alpha value is -1.65. The zero-order valence-corrected chi connectivity index (χ0v) is 12.2. The van der Waals surface area contributed by atoms with E-state index in [2.05, 4.69) is 40.4 Å². The molecule has 0 aromatic carbocycles. The molecule has 1 atom stereocenters. The van der Waals surface area contributed by atoms with Crippen LogP contribution in [0.15, 0.2) is 12.4 Å². The van der Waals surface area contributed by atoms with Crippen LogP contribution in [0.4, 0.5) is 5.82 Å². The van der Waals surface area contributed by atoms with Crippen molar-refractivity contribution in [3.05, 3.63) is 18.1 Å². The lowest BCUT2D eigenvalue weighted by Gasteiger charge is -2.29. The minimum Gasteiger partial charge on any atom is -0.464 e. The van der Waals surface area contributed by atoms with Gasteiger partial charge < -0.3 is 9.64 Å². The molecule has 106 valence electrons. The van der Waals surface area contributed by atoms with Gasteiger partial charge >= 0.3 is 5.97 Å². The third kappa shape index (κ3) is 4.19. The van der Waals surface area contributed by atoms with E-state index in [0.29, 0.717) is 6.04 Å². The number of methoxy groups -OCH3 is 1. The van der Waals surface area contributed by atoms with Crippen LogP contribution < -0.4 is 4.90 Å². The molecule has 0 bridgehead atoms. The number of anilines is 1. The number of rotatable bonds is 7. The average Bonchev–Trinajstić information content (AvgIpc) is 2.46. The molecule has 5 nitrogen and oxygen atoms in total. The first kappa shape index (κ1) is 15.4. The van der Waals surface area contributed by atoms with Crippen molar-refractivity contribution in [2.75, 3.05) is 18.6 Å². The summed E-state index contributed by atoms with van der Waals surface area (Å²) >= 11 is 0. The lowest BCUT2D eigenvalue weighted by molar-refractivity contribution is 0.0593. The van der Waals surface area contributed by atoms with Gasteiger partial charge in [-0.2, -0.15) is 0 Å². The molecular formula is C14H23N3O2. The molecule has 0 aliphatic carbocycles. The number of nitrogens with zero attached hydrogens (tertiary/aromatic N) is 3. The Morgan fingerprint density at radius 2 is 2.16 bits per heavy atom. The Bertz CT molecular complexity index is 409. The van der Waals surface area contributed by atoms with Crippen LogP contribution in [-0.4, -0.2) is 35.6 Å². The van der Waals surface area contributed by atoms with Crippen LogP contribution in [0.2, 0.25) is 0 Å². The fourth-order valence-corrected chi connectivity index (χ4v) is 1.81. The number of aromatic nitrogens is 2. The second kappa shape index (κ2) is 7.71. The summed E-state index contributed by atoms with van der Waals surface area (Å²) in [4.78, 5) is 22.1. The molecular weight excluding hydrogens is 242 g/mol. The van der Waals surface area contributed by atoms with Crippen LogP contribution in [0.25, 0.3) is 0 Å². The number of esters is 1. The zero-order valence-electron chi connectivity index (χ0n) is 12.2. The Morgan fingerprint density at radius 1 is 1.42 bits per heavy atom. The molecule has 1 heterocycles. The summed E-state index contributed by atoms with van der Waals surface area (Å²) in [6, 6.07) is 0.369. The van der Waals surface area contributed by atoms with Crippen molar-refractivity contribution in [3.63, 3.8) is 0 Å². The minimum absolute atomic E-state index is 0.254. The van der Waals surface area contributed by atoms with E-state index in [0.717, 1.165) is 31.6 Å². The van der Waals surface area contributed by atoms with Crippen LogP contribution in [0.1, 0.15) is 50.5 Å². The summed E-state index contributed by atoms with van der Waals surface area (Å²) < 4.78 is 4.68. The van der Waals surface area contributed by atoms with Gasteiger partial charge in [0.05, 0.1) is 19.5 Å². The summed E-state index contributed by atoms with van der Waals surface area (Å²) in [6.07, 6.45) is 6.37. The van der Waals surface area contributed by atoms with E-state index in [9.17, 15) is 4.79 Å². The zero-order chi connectivity index (χ0) is 14.3. The van der Waals surface area contributed by atoms with Gasteiger partial charge in [0.25, 0.3) is 0 Å². The normalized spacial score (nSPS) is 12.0. The van der Waals surface area contributed by atoms with Gasteiger partial charge in [0, 0.05) is 12.6 Å². The Labute approximate surface area is 115 Å². The molecule has 0 N–H and O–H groups in total. The monoisotopic (exact) mass is 265 g/mol. The van der Waals surface area contributed by atoms with Gasteiger partial charge in [0.15, 0.2) is 5.69 Å². The van der Waals surface area contributed by atoms with Gasteiger partial charge in [0.2, 0.25) is 0 Å². The molecule has 19 heavy (non-hydrogen) atoms. The van der Waals surface area contributed by atoms with Gasteiger partial charge in [-0.1, -0.05) is 20.3 Å². The van der Waals surface area contributed by atoms with Crippen LogP contribution in [-0.2, 0) is 4.74 Å². The van der Waals surface area contributed by atoms with Crippen molar-refractivity contribution < 1.29 is 9.53 Å². The smallest absolute Gasteiger partial charge is 0.358 e. The van der Waals surface area contributed by atoms with Gasteiger partial charge in [-0.3, -0.25) is 4.98 Å². The molecule has 0 spiro atoms. The number of hydrogen-bond donors (Lipinski definition) is 0. The Kier molecular flexibility index (Phi) is 6.25. The summed E-state index contributed by atoms with van der Waals surface area (Å²) in [6.45, 7) is 7.37. The SMILES string of the molecule is CCCCN(c1cncc(C(=O)OC)n1)C(C)CC. The van der Waals surface area contributed by atoms with Crippen LogP contribution >= 0.6 is 0 Å². The predicted molar refractivity (Wildman–Crippen MR) is 75.4 cm³/mol. The van der Waals surface area contributed by atoms with Crippen LogP contribution in [0.5, 0.6) is 0 Å². The van der Waals surface area contributed by atoms with Gasteiger partial charge in [-0.05, 0) is 19.8 Å². The molecule has 0 amide bonds. The first-order chi connectivity index (χ1) is 9.13. The van der Waals surface area contributed by atoms with E-state index in [1.54, 1.807) is 6.20 Å². The maximum atomic E-state index is 11.5. The van der Waals surface area contributed by atoms with E-state index >= 15 is 0 Å². The molecule has 0 saturated carbocycles. The van der Waals surface area contributed by atoms with E-state index in [-0.39, 0.29) is 5.69 Å². The standard InChI is InChI=1S/C14H23N3O2/c1-5-7-8-17(11(3)6-2)13-10-15-9-12(16-13)14(18)19-4/h9-11H,5-8H2,1-4H3. The van der Waals surface area contributed by atoms with Gasteiger partial charge in [-0.15, -0.1) is 0 Å². The van der Waals surface area contributed by atoms with Crippen molar-refractivity contribution in [2.45, 2.75) is 46.1 Å². The van der Waals surface area contributed by atoms with Crippen molar-refractivity contribution in [1.29, 1.82) is 0 Å². The molecule has 1 unspecified atom stereocenters. The highest BCUT2D eigenvalue weighted by Gasteiger charge is 2.16. The topological polar surface area (TPSA) is 55.3 Å². The van der Waals surface area contributed by atoms with E-state index in [1.165, 1.54) is 13.3 Å². The second-order valence-electron chi connectivity index (χ2n) is 4.56. The molecule has 0 fully saturated rings. The second-order valence-corrected chi connectivity index (χ2v) is 4.56. The number of unbranched alkanes of at least 4 members (excludes halogenated alkanes) is 1. The third-order valence-corrected chi connectivity index (χ3v) is 3.19. The summed E-state index contributed by atoms with van der Waals surface area (Å²) in [5.74, 6) is 0.291. The molecule has 0 saturated heterocycles. The van der Waals surface area contributed by atoms with Crippen LogP contribution in [0.3, 0.4) is 0 Å². The van der Waals surface area contributed by atoms with E-state index in [4.69, 9.17) is 0 Å². The van der Waals surface area contributed by atoms with Crippen molar-refractivity contribution in [2.24, 2.45) is 0 Å². The lowest BCUT2D eigenvalue weighted by Crippen LogP contribution is -2.34. The number of carbonyl (C=O) groups is 1. The third-order valence-electron chi connectivity index (χ3n) is 3.19. The largest absolute Gasteiger partial charge is 0.464 e. The maximum absolute atomic E-state index is 11.5. The van der Waals surface area contributed by atoms with Crippen LogP contribution in [0, 0.1) is 0 Å². The highest BCUT2D eigenvalue weighted by Crippen LogP contribution is 2.16. The Balaban J connectivity index is 2.97. The highest BCUT2D eigenvalue weighted by molar-refractivity contribution is 5.87. The van der Waals surface area contributed by atoms with E-state index in [1.807, 2.05) is 0 Å². The number of hydrogen-bond acceptors (Lipinski definition) is 5. The molecule has 0 aliphatic heterocycles. The molecule has 1 aromatic rings. The highest BCUT2D eigenvalue weighted by atomic mass is 16.5.